The number of piperidine rings is 1. The SMILES string of the molecule is CNCCC(=O)NCCCN1CCCCC1C. The number of hydrogen-bond acceptors (Lipinski definition) is 3. The molecule has 1 heterocycles. The molecule has 1 fully saturated rings. The summed E-state index contributed by atoms with van der Waals surface area (Å²) in [5.41, 5.74) is 0. The van der Waals surface area contributed by atoms with E-state index in [9.17, 15) is 4.79 Å². The number of carbonyl (C=O) groups excluding carboxylic acids is 1. The summed E-state index contributed by atoms with van der Waals surface area (Å²) in [5, 5.41) is 5.94. The van der Waals surface area contributed by atoms with E-state index in [1.807, 2.05) is 7.05 Å². The first-order chi connectivity index (χ1) is 8.24. The number of carbonyl (C=O) groups is 1. The predicted molar refractivity (Wildman–Crippen MR) is 71.1 cm³/mol. The van der Waals surface area contributed by atoms with Gasteiger partial charge in [-0.05, 0) is 39.8 Å². The molecule has 2 N–H and O–H groups in total. The molecule has 0 bridgehead atoms. The van der Waals surface area contributed by atoms with Crippen molar-refractivity contribution in [1.29, 1.82) is 0 Å². The Labute approximate surface area is 105 Å². The van der Waals surface area contributed by atoms with Crippen molar-refractivity contribution in [3.63, 3.8) is 0 Å². The summed E-state index contributed by atoms with van der Waals surface area (Å²) in [6.07, 6.45) is 5.68. The van der Waals surface area contributed by atoms with Gasteiger partial charge in [0.05, 0.1) is 0 Å². The van der Waals surface area contributed by atoms with E-state index >= 15 is 0 Å². The second-order valence-electron chi connectivity index (χ2n) is 4.94. The van der Waals surface area contributed by atoms with Crippen molar-refractivity contribution in [3.8, 4) is 0 Å². The standard InChI is InChI=1S/C13H27N3O/c1-12-6-3-4-10-16(12)11-5-8-15-13(17)7-9-14-2/h12,14H,3-11H2,1-2H3,(H,15,17). The lowest BCUT2D eigenvalue weighted by Crippen LogP contribution is -2.39. The van der Waals surface area contributed by atoms with Crippen molar-refractivity contribution >= 4 is 5.91 Å². The Balaban J connectivity index is 2.01. The molecule has 1 saturated heterocycles. The molecule has 1 unspecified atom stereocenters. The minimum absolute atomic E-state index is 0.158. The van der Waals surface area contributed by atoms with Crippen LogP contribution in [0.5, 0.6) is 0 Å². The first-order valence-corrected chi connectivity index (χ1v) is 6.89. The van der Waals surface area contributed by atoms with Gasteiger partial charge in [-0.2, -0.15) is 0 Å². The third-order valence-electron chi connectivity index (χ3n) is 3.49. The van der Waals surface area contributed by atoms with E-state index in [1.54, 1.807) is 0 Å². The molecule has 0 saturated carbocycles. The number of amides is 1. The fraction of sp³-hybridized carbons (Fsp3) is 0.923. The summed E-state index contributed by atoms with van der Waals surface area (Å²) in [5.74, 6) is 0.158. The molecule has 1 atom stereocenters. The molecule has 4 nitrogen and oxygen atoms in total. The van der Waals surface area contributed by atoms with Crippen LogP contribution in [0.25, 0.3) is 0 Å². The summed E-state index contributed by atoms with van der Waals surface area (Å²) >= 11 is 0. The van der Waals surface area contributed by atoms with Crippen LogP contribution in [0.1, 0.15) is 39.0 Å². The zero-order valence-corrected chi connectivity index (χ0v) is 11.3. The quantitative estimate of drug-likeness (QED) is 0.653. The van der Waals surface area contributed by atoms with Crippen LogP contribution >= 0.6 is 0 Å². The van der Waals surface area contributed by atoms with Crippen molar-refractivity contribution in [1.82, 2.24) is 15.5 Å². The summed E-state index contributed by atoms with van der Waals surface area (Å²) in [4.78, 5) is 13.9. The molecule has 0 radical (unpaired) electrons. The summed E-state index contributed by atoms with van der Waals surface area (Å²) in [6.45, 7) is 6.23. The highest BCUT2D eigenvalue weighted by atomic mass is 16.1. The van der Waals surface area contributed by atoms with Crippen molar-refractivity contribution in [2.24, 2.45) is 0 Å². The average molecular weight is 241 g/mol. The monoisotopic (exact) mass is 241 g/mol. The number of likely N-dealkylation sites (tertiary alicyclic amines) is 1. The van der Waals surface area contributed by atoms with Crippen molar-refractivity contribution in [3.05, 3.63) is 0 Å². The van der Waals surface area contributed by atoms with E-state index < -0.39 is 0 Å². The maximum Gasteiger partial charge on any atom is 0.221 e. The van der Waals surface area contributed by atoms with Crippen LogP contribution in [-0.2, 0) is 4.79 Å². The second-order valence-corrected chi connectivity index (χ2v) is 4.94. The predicted octanol–water partition coefficient (Wildman–Crippen LogP) is 0.977. The summed E-state index contributed by atoms with van der Waals surface area (Å²) < 4.78 is 0. The number of rotatable bonds is 7. The molecule has 1 aliphatic rings. The highest BCUT2D eigenvalue weighted by molar-refractivity contribution is 5.75. The highest BCUT2D eigenvalue weighted by Crippen LogP contribution is 2.15. The Morgan fingerprint density at radius 2 is 2.18 bits per heavy atom. The molecular weight excluding hydrogens is 214 g/mol. The molecule has 17 heavy (non-hydrogen) atoms. The van der Waals surface area contributed by atoms with Gasteiger partial charge in [0.15, 0.2) is 0 Å². The zero-order chi connectivity index (χ0) is 12.5. The molecular formula is C13H27N3O. The van der Waals surface area contributed by atoms with E-state index in [0.717, 1.165) is 32.1 Å². The number of nitrogens with zero attached hydrogens (tertiary/aromatic N) is 1. The number of nitrogens with one attached hydrogen (secondary N) is 2. The Bertz CT molecular complexity index is 221. The van der Waals surface area contributed by atoms with Crippen LogP contribution in [0, 0.1) is 0 Å². The van der Waals surface area contributed by atoms with Gasteiger partial charge in [-0.3, -0.25) is 4.79 Å². The molecule has 1 amide bonds. The smallest absolute Gasteiger partial charge is 0.221 e. The molecule has 100 valence electrons. The second kappa shape index (κ2) is 8.48. The average Bonchev–Trinajstić information content (AvgIpc) is 2.34. The van der Waals surface area contributed by atoms with E-state index in [2.05, 4.69) is 22.5 Å². The summed E-state index contributed by atoms with van der Waals surface area (Å²) in [6, 6.07) is 0.726. The third-order valence-corrected chi connectivity index (χ3v) is 3.49. The molecule has 1 aliphatic heterocycles. The third kappa shape index (κ3) is 6.03. The molecule has 0 spiro atoms. The number of hydrogen-bond donors (Lipinski definition) is 2. The first-order valence-electron chi connectivity index (χ1n) is 6.89. The zero-order valence-electron chi connectivity index (χ0n) is 11.3. The van der Waals surface area contributed by atoms with Gasteiger partial charge in [0.2, 0.25) is 5.91 Å². The molecule has 0 aromatic carbocycles. The maximum atomic E-state index is 11.4. The highest BCUT2D eigenvalue weighted by Gasteiger charge is 2.16. The fourth-order valence-electron chi connectivity index (χ4n) is 2.33. The van der Waals surface area contributed by atoms with Crippen LogP contribution in [0.3, 0.4) is 0 Å². The molecule has 4 heteroatoms. The van der Waals surface area contributed by atoms with Crippen LogP contribution in [-0.4, -0.2) is 50.1 Å². The normalized spacial score (nSPS) is 21.4. The van der Waals surface area contributed by atoms with Crippen molar-refractivity contribution in [2.75, 3.05) is 33.2 Å². The largest absolute Gasteiger partial charge is 0.356 e. The van der Waals surface area contributed by atoms with E-state index in [-0.39, 0.29) is 5.91 Å². The molecule has 0 aromatic heterocycles. The van der Waals surface area contributed by atoms with E-state index in [1.165, 1.54) is 25.8 Å². The Kier molecular flexibility index (Phi) is 7.21. The van der Waals surface area contributed by atoms with Gasteiger partial charge in [0.1, 0.15) is 0 Å². The van der Waals surface area contributed by atoms with Crippen LogP contribution in [0.4, 0.5) is 0 Å². The van der Waals surface area contributed by atoms with E-state index in [4.69, 9.17) is 0 Å². The molecule has 1 rings (SSSR count). The summed E-state index contributed by atoms with van der Waals surface area (Å²) in [7, 11) is 1.87. The van der Waals surface area contributed by atoms with Crippen molar-refractivity contribution in [2.45, 2.75) is 45.1 Å². The van der Waals surface area contributed by atoms with Gasteiger partial charge >= 0.3 is 0 Å². The maximum absolute atomic E-state index is 11.4. The van der Waals surface area contributed by atoms with Gasteiger partial charge in [-0.1, -0.05) is 6.42 Å². The topological polar surface area (TPSA) is 44.4 Å². The van der Waals surface area contributed by atoms with Gasteiger partial charge < -0.3 is 15.5 Å². The lowest BCUT2D eigenvalue weighted by Gasteiger charge is -2.33. The fourth-order valence-corrected chi connectivity index (χ4v) is 2.33. The Hall–Kier alpha value is -0.610. The Morgan fingerprint density at radius 3 is 2.88 bits per heavy atom. The Morgan fingerprint density at radius 1 is 1.35 bits per heavy atom. The van der Waals surface area contributed by atoms with Gasteiger partial charge in [0.25, 0.3) is 0 Å². The molecule has 0 aromatic rings. The molecule has 0 aliphatic carbocycles. The lowest BCUT2D eigenvalue weighted by molar-refractivity contribution is -0.121. The first kappa shape index (κ1) is 14.5. The van der Waals surface area contributed by atoms with Gasteiger partial charge in [-0.25, -0.2) is 0 Å². The van der Waals surface area contributed by atoms with Crippen LogP contribution in [0.2, 0.25) is 0 Å². The van der Waals surface area contributed by atoms with Crippen LogP contribution < -0.4 is 10.6 Å². The lowest BCUT2D eigenvalue weighted by atomic mass is 10.0. The van der Waals surface area contributed by atoms with Gasteiger partial charge in [0, 0.05) is 32.1 Å². The van der Waals surface area contributed by atoms with Crippen LogP contribution in [0.15, 0.2) is 0 Å². The minimum atomic E-state index is 0.158. The van der Waals surface area contributed by atoms with Gasteiger partial charge in [-0.15, -0.1) is 0 Å². The van der Waals surface area contributed by atoms with Crippen molar-refractivity contribution < 1.29 is 4.79 Å². The van der Waals surface area contributed by atoms with E-state index in [0.29, 0.717) is 6.42 Å². The minimum Gasteiger partial charge on any atom is -0.356 e.